The number of rotatable bonds is 7. The predicted octanol–water partition coefficient (Wildman–Crippen LogP) is 2.05. The number of aromatic amines is 1. The van der Waals surface area contributed by atoms with Gasteiger partial charge in [0.05, 0.1) is 11.3 Å². The normalized spacial score (nSPS) is 10.6. The molecule has 0 saturated heterocycles. The first kappa shape index (κ1) is 17.9. The molecule has 2 aromatic rings. The molecule has 0 aliphatic rings. The van der Waals surface area contributed by atoms with Gasteiger partial charge in [0.1, 0.15) is 5.82 Å². The minimum atomic E-state index is -0.708. The summed E-state index contributed by atoms with van der Waals surface area (Å²) >= 11 is 1.07. The van der Waals surface area contributed by atoms with Gasteiger partial charge in [-0.15, -0.1) is 5.10 Å². The summed E-state index contributed by atoms with van der Waals surface area (Å²) in [5, 5.41) is 9.04. The van der Waals surface area contributed by atoms with Crippen molar-refractivity contribution in [2.45, 2.75) is 32.0 Å². The van der Waals surface area contributed by atoms with Crippen molar-refractivity contribution in [3.63, 3.8) is 0 Å². The van der Waals surface area contributed by atoms with Crippen LogP contribution >= 0.6 is 11.8 Å². The van der Waals surface area contributed by atoms with Crippen LogP contribution in [0.2, 0.25) is 0 Å². The lowest BCUT2D eigenvalue weighted by molar-refractivity contribution is -0.114. The van der Waals surface area contributed by atoms with E-state index in [1.165, 1.54) is 23.6 Å². The highest BCUT2D eigenvalue weighted by atomic mass is 32.2. The molecular weight excluding hydrogens is 335 g/mol. The van der Waals surface area contributed by atoms with Crippen LogP contribution in [-0.2, 0) is 11.3 Å². The van der Waals surface area contributed by atoms with Crippen molar-refractivity contribution in [1.29, 1.82) is 0 Å². The fourth-order valence-electron chi connectivity index (χ4n) is 2.06. The van der Waals surface area contributed by atoms with Crippen molar-refractivity contribution in [1.82, 2.24) is 14.8 Å². The molecule has 0 aliphatic carbocycles. The standard InChI is InChI=1S/C15H17FN4O3S/c1-3-6-20-14(23)18-19-15(20)24-8-13(22)11-5-4-10(7-12(11)16)17-9(2)21/h4-5,7H,3,6,8H2,1-2H3,(H,17,21)(H,18,23). The summed E-state index contributed by atoms with van der Waals surface area (Å²) in [6, 6.07) is 3.89. The molecule has 1 aromatic heterocycles. The van der Waals surface area contributed by atoms with Crippen LogP contribution in [0.5, 0.6) is 0 Å². The topological polar surface area (TPSA) is 96.8 Å². The van der Waals surface area contributed by atoms with E-state index < -0.39 is 11.6 Å². The second-order valence-electron chi connectivity index (χ2n) is 5.05. The van der Waals surface area contributed by atoms with Crippen LogP contribution in [0.4, 0.5) is 10.1 Å². The van der Waals surface area contributed by atoms with Gasteiger partial charge in [0, 0.05) is 19.2 Å². The lowest BCUT2D eigenvalue weighted by atomic mass is 10.1. The zero-order chi connectivity index (χ0) is 17.7. The van der Waals surface area contributed by atoms with Gasteiger partial charge >= 0.3 is 5.69 Å². The molecule has 0 radical (unpaired) electrons. The van der Waals surface area contributed by atoms with Crippen LogP contribution in [0.25, 0.3) is 0 Å². The first-order valence-corrected chi connectivity index (χ1v) is 8.29. The summed E-state index contributed by atoms with van der Waals surface area (Å²) in [6.45, 7) is 3.73. The molecule has 1 aromatic carbocycles. The van der Waals surface area contributed by atoms with Crippen molar-refractivity contribution in [2.24, 2.45) is 0 Å². The van der Waals surface area contributed by atoms with Crippen molar-refractivity contribution >= 4 is 29.1 Å². The van der Waals surface area contributed by atoms with Gasteiger partial charge in [-0.25, -0.2) is 14.3 Å². The molecule has 2 rings (SSSR count). The van der Waals surface area contributed by atoms with Crippen LogP contribution in [0.15, 0.2) is 28.2 Å². The second-order valence-corrected chi connectivity index (χ2v) is 5.99. The summed E-state index contributed by atoms with van der Waals surface area (Å²) in [6.07, 6.45) is 0.750. The molecule has 0 spiro atoms. The van der Waals surface area contributed by atoms with E-state index in [1.807, 2.05) is 6.92 Å². The molecular formula is C15H17FN4O3S. The Kier molecular flexibility index (Phi) is 5.91. The number of benzene rings is 1. The van der Waals surface area contributed by atoms with E-state index in [1.54, 1.807) is 0 Å². The molecule has 0 aliphatic heterocycles. The molecule has 0 unspecified atom stereocenters. The third kappa shape index (κ3) is 4.31. The summed E-state index contributed by atoms with van der Waals surface area (Å²) in [5.41, 5.74) is -0.123. The van der Waals surface area contributed by atoms with Gasteiger partial charge in [-0.1, -0.05) is 18.7 Å². The number of nitrogens with one attached hydrogen (secondary N) is 2. The second kappa shape index (κ2) is 7.91. The molecule has 1 amide bonds. The number of hydrogen-bond acceptors (Lipinski definition) is 5. The van der Waals surface area contributed by atoms with Gasteiger partial charge in [0.25, 0.3) is 0 Å². The summed E-state index contributed by atoms with van der Waals surface area (Å²) < 4.78 is 15.5. The number of thioether (sulfide) groups is 1. The maximum Gasteiger partial charge on any atom is 0.343 e. The number of Topliss-reactive ketones (excluding diaryl/α,β-unsaturated/α-hetero) is 1. The monoisotopic (exact) mass is 352 g/mol. The Hall–Kier alpha value is -2.42. The quantitative estimate of drug-likeness (QED) is 0.587. The van der Waals surface area contributed by atoms with Crippen LogP contribution in [-0.4, -0.2) is 32.2 Å². The number of ketones is 1. The van der Waals surface area contributed by atoms with E-state index in [2.05, 4.69) is 15.5 Å². The summed E-state index contributed by atoms with van der Waals surface area (Å²) in [4.78, 5) is 34.7. The molecule has 1 heterocycles. The highest BCUT2D eigenvalue weighted by molar-refractivity contribution is 7.99. The van der Waals surface area contributed by atoms with Gasteiger partial charge in [0.15, 0.2) is 10.9 Å². The summed E-state index contributed by atoms with van der Waals surface area (Å²) in [5.74, 6) is -1.51. The molecule has 24 heavy (non-hydrogen) atoms. The Bertz CT molecular complexity index is 815. The number of amides is 1. The van der Waals surface area contributed by atoms with Crippen LogP contribution in [0.3, 0.4) is 0 Å². The van der Waals surface area contributed by atoms with Gasteiger partial charge in [-0.3, -0.25) is 14.2 Å². The van der Waals surface area contributed by atoms with Crippen LogP contribution in [0, 0.1) is 5.82 Å². The van der Waals surface area contributed by atoms with Crippen molar-refractivity contribution in [3.05, 3.63) is 40.1 Å². The molecule has 2 N–H and O–H groups in total. The maximum absolute atomic E-state index is 14.0. The Balaban J connectivity index is 2.08. The molecule has 0 bridgehead atoms. The number of hydrogen-bond donors (Lipinski definition) is 2. The molecule has 9 heteroatoms. The zero-order valence-electron chi connectivity index (χ0n) is 13.3. The van der Waals surface area contributed by atoms with Gasteiger partial charge < -0.3 is 5.32 Å². The first-order valence-electron chi connectivity index (χ1n) is 7.30. The maximum atomic E-state index is 14.0. The van der Waals surface area contributed by atoms with Gasteiger partial charge in [0.2, 0.25) is 5.91 Å². The smallest absolute Gasteiger partial charge is 0.326 e. The van der Waals surface area contributed by atoms with Crippen LogP contribution in [0.1, 0.15) is 30.6 Å². The minimum absolute atomic E-state index is 0.0512. The number of H-pyrrole nitrogens is 1. The molecule has 0 fully saturated rings. The van der Waals surface area contributed by atoms with Crippen molar-refractivity contribution in [2.75, 3.05) is 11.1 Å². The number of carbonyl (C=O) groups excluding carboxylic acids is 2. The average molecular weight is 352 g/mol. The Morgan fingerprint density at radius 3 is 2.79 bits per heavy atom. The van der Waals surface area contributed by atoms with Gasteiger partial charge in [-0.2, -0.15) is 0 Å². The summed E-state index contributed by atoms with van der Waals surface area (Å²) in [7, 11) is 0. The average Bonchev–Trinajstić information content (AvgIpc) is 2.85. The van der Waals surface area contributed by atoms with E-state index in [0.717, 1.165) is 24.2 Å². The molecule has 7 nitrogen and oxygen atoms in total. The Morgan fingerprint density at radius 2 is 2.17 bits per heavy atom. The largest absolute Gasteiger partial charge is 0.343 e. The third-order valence-corrected chi connectivity index (χ3v) is 4.07. The van der Waals surface area contributed by atoms with Crippen LogP contribution < -0.4 is 11.0 Å². The fourth-order valence-corrected chi connectivity index (χ4v) is 2.92. The number of nitrogens with zero attached hydrogens (tertiary/aromatic N) is 2. The first-order chi connectivity index (χ1) is 11.4. The van der Waals surface area contributed by atoms with E-state index in [9.17, 15) is 18.8 Å². The number of carbonyl (C=O) groups is 2. The highest BCUT2D eigenvalue weighted by Crippen LogP contribution is 2.19. The highest BCUT2D eigenvalue weighted by Gasteiger charge is 2.15. The lowest BCUT2D eigenvalue weighted by Gasteiger charge is -2.06. The zero-order valence-corrected chi connectivity index (χ0v) is 14.1. The fraction of sp³-hybridized carbons (Fsp3) is 0.333. The van der Waals surface area contributed by atoms with E-state index in [0.29, 0.717) is 11.7 Å². The third-order valence-electron chi connectivity index (χ3n) is 3.09. The molecule has 128 valence electrons. The predicted molar refractivity (Wildman–Crippen MR) is 88.9 cm³/mol. The molecule has 0 saturated carbocycles. The van der Waals surface area contributed by atoms with E-state index in [-0.39, 0.29) is 28.6 Å². The van der Waals surface area contributed by atoms with Crippen molar-refractivity contribution < 1.29 is 14.0 Å². The SMILES string of the molecule is CCCn1c(SCC(=O)c2ccc(NC(C)=O)cc2F)n[nH]c1=O. The lowest BCUT2D eigenvalue weighted by Crippen LogP contribution is -2.17. The van der Waals surface area contributed by atoms with Gasteiger partial charge in [-0.05, 0) is 24.6 Å². The number of anilines is 1. The number of aromatic nitrogens is 3. The molecule has 0 atom stereocenters. The Labute approximate surface area is 141 Å². The number of halogens is 1. The van der Waals surface area contributed by atoms with E-state index in [4.69, 9.17) is 0 Å². The minimum Gasteiger partial charge on any atom is -0.326 e. The Morgan fingerprint density at radius 1 is 1.42 bits per heavy atom. The van der Waals surface area contributed by atoms with Crippen molar-refractivity contribution in [3.8, 4) is 0 Å². The van der Waals surface area contributed by atoms with E-state index >= 15 is 0 Å².